The summed E-state index contributed by atoms with van der Waals surface area (Å²) in [6, 6.07) is 8.27. The van der Waals surface area contributed by atoms with Gasteiger partial charge in [-0.05, 0) is 42.3 Å². The van der Waals surface area contributed by atoms with Crippen LogP contribution in [0, 0.1) is 5.82 Å². The molecule has 1 amide bonds. The Balaban J connectivity index is 1.38. The van der Waals surface area contributed by atoms with Gasteiger partial charge in [0.1, 0.15) is 11.5 Å². The van der Waals surface area contributed by atoms with Crippen LogP contribution in [0.3, 0.4) is 0 Å². The summed E-state index contributed by atoms with van der Waals surface area (Å²) in [6.45, 7) is 8.35. The van der Waals surface area contributed by atoms with Crippen LogP contribution in [0.2, 0.25) is 0 Å². The maximum atomic E-state index is 15.4. The van der Waals surface area contributed by atoms with Crippen LogP contribution in [-0.2, 0) is 38.7 Å². The molecule has 6 rings (SSSR count). The first-order valence-corrected chi connectivity index (χ1v) is 14.2. The number of carbonyl (C=O) groups excluding carboxylic acids is 1. The number of aryl methyl sites for hydroxylation is 1. The number of aliphatic hydroxyl groups excluding tert-OH is 1. The molecule has 41 heavy (non-hydrogen) atoms. The fraction of sp³-hybridized carbons (Fsp3) is 0.379. The molecule has 2 N–H and O–H groups in total. The number of likely N-dealkylation sites (N-methyl/N-ethyl adjacent to an activating group) is 1. The lowest BCUT2D eigenvalue weighted by Gasteiger charge is -2.23. The smallest absolute Gasteiger partial charge is 0.290 e. The molecule has 0 aliphatic carbocycles. The quantitative estimate of drug-likeness (QED) is 0.369. The van der Waals surface area contributed by atoms with Crippen molar-refractivity contribution in [2.24, 2.45) is 7.05 Å². The molecule has 1 aromatic carbocycles. The molecule has 0 fully saturated rings. The third-order valence-electron chi connectivity index (χ3n) is 7.57. The van der Waals surface area contributed by atoms with Crippen LogP contribution in [0.25, 0.3) is 11.3 Å². The van der Waals surface area contributed by atoms with Crippen molar-refractivity contribution in [3.63, 3.8) is 0 Å². The molecule has 3 aromatic heterocycles. The summed E-state index contributed by atoms with van der Waals surface area (Å²) < 4.78 is 18.5. The number of anilines is 3. The number of aliphatic hydroxyl groups is 1. The predicted molar refractivity (Wildman–Crippen MR) is 156 cm³/mol. The monoisotopic (exact) mass is 577 g/mol. The summed E-state index contributed by atoms with van der Waals surface area (Å²) in [5.41, 5.74) is 2.68. The molecule has 4 aromatic rings. The van der Waals surface area contributed by atoms with Crippen molar-refractivity contribution in [2.45, 2.75) is 52.4 Å². The minimum absolute atomic E-state index is 0.0202. The molecule has 0 unspecified atom stereocenters. The highest BCUT2D eigenvalue weighted by Crippen LogP contribution is 2.42. The lowest BCUT2D eigenvalue weighted by molar-refractivity contribution is 0.0998. The van der Waals surface area contributed by atoms with Crippen molar-refractivity contribution in [2.75, 3.05) is 23.8 Å². The summed E-state index contributed by atoms with van der Waals surface area (Å²) >= 11 is 1.43. The van der Waals surface area contributed by atoms with E-state index < -0.39 is 12.4 Å². The van der Waals surface area contributed by atoms with Gasteiger partial charge in [-0.2, -0.15) is 10.2 Å². The maximum Gasteiger partial charge on any atom is 0.290 e. The summed E-state index contributed by atoms with van der Waals surface area (Å²) in [4.78, 5) is 31.7. The molecule has 10 nitrogen and oxygen atoms in total. The van der Waals surface area contributed by atoms with Gasteiger partial charge in [-0.3, -0.25) is 24.1 Å². The summed E-state index contributed by atoms with van der Waals surface area (Å²) in [7, 11) is 3.57. The van der Waals surface area contributed by atoms with E-state index >= 15 is 4.39 Å². The Morgan fingerprint density at radius 1 is 1.07 bits per heavy atom. The van der Waals surface area contributed by atoms with Crippen LogP contribution in [-0.4, -0.2) is 49.1 Å². The highest BCUT2D eigenvalue weighted by molar-refractivity contribution is 7.14. The number of thiophene rings is 1. The highest BCUT2D eigenvalue weighted by atomic mass is 32.1. The lowest BCUT2D eigenvalue weighted by Crippen LogP contribution is -2.30. The minimum atomic E-state index is -0.617. The van der Waals surface area contributed by atoms with E-state index in [1.807, 2.05) is 23.9 Å². The molecule has 0 bridgehead atoms. The van der Waals surface area contributed by atoms with Gasteiger partial charge < -0.3 is 10.4 Å². The third-order valence-corrected chi connectivity index (χ3v) is 9.16. The molecular weight excluding hydrogens is 545 g/mol. The zero-order valence-electron chi connectivity index (χ0n) is 23.7. The summed E-state index contributed by atoms with van der Waals surface area (Å²) in [5, 5.41) is 22.6. The van der Waals surface area contributed by atoms with Gasteiger partial charge in [0, 0.05) is 42.2 Å². The van der Waals surface area contributed by atoms with Crippen LogP contribution >= 0.6 is 11.3 Å². The topological polar surface area (TPSA) is 109 Å². The number of aromatic nitrogens is 4. The fourth-order valence-corrected chi connectivity index (χ4v) is 6.55. The molecule has 2 aliphatic heterocycles. The van der Waals surface area contributed by atoms with Crippen LogP contribution < -0.4 is 15.8 Å². The number of amides is 1. The van der Waals surface area contributed by atoms with Crippen LogP contribution in [0.4, 0.5) is 21.6 Å². The molecule has 12 heteroatoms. The number of hydrogen-bond acceptors (Lipinski definition) is 8. The lowest BCUT2D eigenvalue weighted by atomic mass is 9.94. The van der Waals surface area contributed by atoms with Gasteiger partial charge >= 0.3 is 0 Å². The SMILES string of the molecule is CN1CCn2nc(Nc3cc(-c4ccc(F)c(N5Cc6cc(C(C)(C)C)sc6C5=O)c4CO)nn(C)c3=O)cc2C1. The zero-order chi connectivity index (χ0) is 29.2. The average molecular weight is 578 g/mol. The van der Waals surface area contributed by atoms with Crippen LogP contribution in [0.5, 0.6) is 0 Å². The molecule has 0 saturated carbocycles. The zero-order valence-corrected chi connectivity index (χ0v) is 24.5. The van der Waals surface area contributed by atoms with E-state index in [9.17, 15) is 14.7 Å². The average Bonchev–Trinajstić information content (AvgIpc) is 3.60. The minimum Gasteiger partial charge on any atom is -0.392 e. The highest BCUT2D eigenvalue weighted by Gasteiger charge is 2.36. The molecule has 214 valence electrons. The van der Waals surface area contributed by atoms with Crippen LogP contribution in [0.15, 0.2) is 35.1 Å². The summed E-state index contributed by atoms with van der Waals surface area (Å²) in [5.74, 6) is -0.374. The van der Waals surface area contributed by atoms with Crippen molar-refractivity contribution in [3.05, 3.63) is 73.1 Å². The molecular formula is C29H32FN7O3S. The molecule has 0 radical (unpaired) electrons. The van der Waals surface area contributed by atoms with Crippen molar-refractivity contribution >= 4 is 34.4 Å². The van der Waals surface area contributed by atoms with Crippen molar-refractivity contribution in [3.8, 4) is 11.3 Å². The number of benzene rings is 1. The van der Waals surface area contributed by atoms with Gasteiger partial charge in [-0.1, -0.05) is 20.8 Å². The molecule has 2 aliphatic rings. The van der Waals surface area contributed by atoms with Gasteiger partial charge in [0.15, 0.2) is 5.82 Å². The first-order valence-electron chi connectivity index (χ1n) is 13.4. The van der Waals surface area contributed by atoms with Gasteiger partial charge in [0.05, 0.1) is 41.6 Å². The van der Waals surface area contributed by atoms with E-state index in [-0.39, 0.29) is 40.4 Å². The Labute approximate surface area is 240 Å². The van der Waals surface area contributed by atoms with Gasteiger partial charge in [0.25, 0.3) is 11.5 Å². The number of hydrogen-bond donors (Lipinski definition) is 2. The maximum absolute atomic E-state index is 15.4. The Hall–Kier alpha value is -3.87. The number of carbonyl (C=O) groups is 1. The number of rotatable bonds is 5. The molecule has 0 atom stereocenters. The van der Waals surface area contributed by atoms with E-state index in [1.54, 1.807) is 6.07 Å². The first kappa shape index (κ1) is 27.3. The van der Waals surface area contributed by atoms with E-state index in [4.69, 9.17) is 0 Å². The number of fused-ring (bicyclic) bond motifs is 2. The van der Waals surface area contributed by atoms with E-state index in [0.717, 1.165) is 35.8 Å². The molecule has 5 heterocycles. The number of nitrogens with one attached hydrogen (secondary N) is 1. The second-order valence-corrected chi connectivity index (χ2v) is 12.7. The molecule has 0 saturated heterocycles. The first-order chi connectivity index (χ1) is 19.4. The Morgan fingerprint density at radius 2 is 1.85 bits per heavy atom. The Morgan fingerprint density at radius 3 is 2.56 bits per heavy atom. The predicted octanol–water partition coefficient (Wildman–Crippen LogP) is 3.98. The second-order valence-electron chi connectivity index (χ2n) is 11.7. The second kappa shape index (κ2) is 9.89. The third kappa shape index (κ3) is 4.75. The van der Waals surface area contributed by atoms with Gasteiger partial charge in [-0.25, -0.2) is 9.07 Å². The largest absolute Gasteiger partial charge is 0.392 e. The Bertz CT molecular complexity index is 1750. The van der Waals surface area contributed by atoms with Crippen LogP contribution in [0.1, 0.15) is 52.1 Å². The fourth-order valence-electron chi connectivity index (χ4n) is 5.37. The van der Waals surface area contributed by atoms with Gasteiger partial charge in [-0.15, -0.1) is 11.3 Å². The van der Waals surface area contributed by atoms with Crippen molar-refractivity contribution in [1.82, 2.24) is 24.5 Å². The van der Waals surface area contributed by atoms with Crippen molar-refractivity contribution < 1.29 is 14.3 Å². The van der Waals surface area contributed by atoms with Gasteiger partial charge in [0.2, 0.25) is 0 Å². The van der Waals surface area contributed by atoms with Crippen molar-refractivity contribution in [1.29, 1.82) is 0 Å². The summed E-state index contributed by atoms with van der Waals surface area (Å²) in [6.07, 6.45) is 0. The Kier molecular flexibility index (Phi) is 6.59. The normalized spacial score (nSPS) is 15.4. The number of nitrogens with zero attached hydrogens (tertiary/aromatic N) is 6. The van der Waals surface area contributed by atoms with E-state index in [0.29, 0.717) is 22.0 Å². The van der Waals surface area contributed by atoms with E-state index in [1.165, 1.54) is 40.1 Å². The standard InChI is InChI=1S/C29H32FN7O3S/c1-29(2,3)23-10-16-13-36(28(40)26(16)41-23)25-19(15-38)18(6-7-20(25)30)21-12-22(27(39)35(5)32-21)31-24-11-17-14-34(4)8-9-37(17)33-24/h6-7,10-12,38H,8-9,13-15H2,1-5H3,(H,31,33). The number of halogens is 1. The molecule has 0 spiro atoms. The van der Waals surface area contributed by atoms with E-state index in [2.05, 4.69) is 41.2 Å².